The molecule has 2 aromatic carbocycles. The Balaban J connectivity index is 1.89. The van der Waals surface area contributed by atoms with Gasteiger partial charge in [0.05, 0.1) is 19.7 Å². The highest BCUT2D eigenvalue weighted by Gasteiger charge is 2.18. The summed E-state index contributed by atoms with van der Waals surface area (Å²) in [4.78, 5) is 4.60. The highest BCUT2D eigenvalue weighted by molar-refractivity contribution is 5.95. The van der Waals surface area contributed by atoms with Crippen LogP contribution in [0.3, 0.4) is 0 Å². The van der Waals surface area contributed by atoms with Crippen molar-refractivity contribution in [3.63, 3.8) is 0 Å². The number of ether oxygens (including phenoxy) is 1. The number of fused-ring (bicyclic) bond motifs is 1. The molecule has 1 fully saturated rings. The maximum Gasteiger partial charge on any atom is 0.119 e. The van der Waals surface area contributed by atoms with E-state index in [9.17, 15) is 0 Å². The van der Waals surface area contributed by atoms with Crippen LogP contribution in [-0.2, 0) is 0 Å². The number of anilines is 1. The van der Waals surface area contributed by atoms with Gasteiger partial charge in [-0.1, -0.05) is 18.2 Å². The normalized spacial score (nSPS) is 15.9. The molecule has 0 aliphatic carbocycles. The number of nitrogens with zero attached hydrogens (tertiary/aromatic N) is 3. The van der Waals surface area contributed by atoms with E-state index in [1.165, 1.54) is 16.5 Å². The van der Waals surface area contributed by atoms with Gasteiger partial charge in [-0.2, -0.15) is 5.26 Å². The predicted molar refractivity (Wildman–Crippen MR) is 84.8 cm³/mol. The molecule has 21 heavy (non-hydrogen) atoms. The lowest BCUT2D eigenvalue weighted by Gasteiger charge is -2.35. The largest absolute Gasteiger partial charge is 0.497 e. The lowest BCUT2D eigenvalue weighted by molar-refractivity contribution is 0.287. The van der Waals surface area contributed by atoms with Crippen LogP contribution in [0.15, 0.2) is 36.4 Å². The van der Waals surface area contributed by atoms with Gasteiger partial charge in [0.2, 0.25) is 0 Å². The summed E-state index contributed by atoms with van der Waals surface area (Å²) < 4.78 is 5.35. The molecule has 4 nitrogen and oxygen atoms in total. The quantitative estimate of drug-likeness (QED) is 0.810. The molecule has 0 bridgehead atoms. The molecule has 0 atom stereocenters. The topological polar surface area (TPSA) is 39.5 Å². The molecule has 1 aliphatic rings. The lowest BCUT2D eigenvalue weighted by atomic mass is 10.1. The van der Waals surface area contributed by atoms with Crippen molar-refractivity contribution in [1.29, 1.82) is 5.26 Å². The SMILES string of the molecule is COc1ccc2cccc(N3CCN(CC#N)CC3)c2c1. The third-order valence-corrected chi connectivity index (χ3v) is 4.07. The van der Waals surface area contributed by atoms with Gasteiger partial charge in [0.25, 0.3) is 0 Å². The van der Waals surface area contributed by atoms with Gasteiger partial charge in [0.1, 0.15) is 5.75 Å². The van der Waals surface area contributed by atoms with Crippen LogP contribution in [0.4, 0.5) is 5.69 Å². The van der Waals surface area contributed by atoms with E-state index in [0.717, 1.165) is 31.9 Å². The number of hydrogen-bond donors (Lipinski definition) is 0. The maximum absolute atomic E-state index is 8.78. The second-order valence-corrected chi connectivity index (χ2v) is 5.29. The molecule has 0 aromatic heterocycles. The van der Waals surface area contributed by atoms with E-state index >= 15 is 0 Å². The van der Waals surface area contributed by atoms with E-state index in [0.29, 0.717) is 6.54 Å². The number of rotatable bonds is 3. The summed E-state index contributed by atoms with van der Waals surface area (Å²) in [5.41, 5.74) is 1.25. The second-order valence-electron chi connectivity index (χ2n) is 5.29. The van der Waals surface area contributed by atoms with Gasteiger partial charge in [-0.15, -0.1) is 0 Å². The van der Waals surface area contributed by atoms with E-state index in [-0.39, 0.29) is 0 Å². The minimum Gasteiger partial charge on any atom is -0.497 e. The van der Waals surface area contributed by atoms with Crippen molar-refractivity contribution in [2.24, 2.45) is 0 Å². The van der Waals surface area contributed by atoms with Crippen LogP contribution >= 0.6 is 0 Å². The molecule has 4 heteroatoms. The van der Waals surface area contributed by atoms with Crippen molar-refractivity contribution in [2.45, 2.75) is 0 Å². The van der Waals surface area contributed by atoms with E-state index in [1.807, 2.05) is 6.07 Å². The molecule has 0 radical (unpaired) electrons. The Morgan fingerprint density at radius 2 is 1.95 bits per heavy atom. The maximum atomic E-state index is 8.78. The zero-order chi connectivity index (χ0) is 14.7. The van der Waals surface area contributed by atoms with Crippen molar-refractivity contribution >= 4 is 16.5 Å². The summed E-state index contributed by atoms with van der Waals surface area (Å²) in [5, 5.41) is 11.2. The molecule has 0 N–H and O–H groups in total. The predicted octanol–water partition coefficient (Wildman–Crippen LogP) is 2.49. The Morgan fingerprint density at radius 3 is 2.67 bits per heavy atom. The summed E-state index contributed by atoms with van der Waals surface area (Å²) in [6.45, 7) is 4.31. The first-order valence-corrected chi connectivity index (χ1v) is 7.23. The lowest BCUT2D eigenvalue weighted by Crippen LogP contribution is -2.46. The number of nitriles is 1. The average molecular weight is 281 g/mol. The molecule has 1 aliphatic heterocycles. The monoisotopic (exact) mass is 281 g/mol. The third-order valence-electron chi connectivity index (χ3n) is 4.07. The summed E-state index contributed by atoms with van der Waals surface area (Å²) >= 11 is 0. The van der Waals surface area contributed by atoms with Gasteiger partial charge < -0.3 is 9.64 Å². The van der Waals surface area contributed by atoms with Gasteiger partial charge in [-0.3, -0.25) is 4.90 Å². The smallest absolute Gasteiger partial charge is 0.119 e. The van der Waals surface area contributed by atoms with E-state index < -0.39 is 0 Å². The standard InChI is InChI=1S/C17H19N3O/c1-21-15-6-5-14-3-2-4-17(16(14)13-15)20-11-9-19(8-7-18)10-12-20/h2-6,13H,8-12H2,1H3. The molecule has 0 unspecified atom stereocenters. The van der Waals surface area contributed by atoms with Crippen molar-refractivity contribution in [3.8, 4) is 11.8 Å². The zero-order valence-corrected chi connectivity index (χ0v) is 12.2. The Labute approximate surface area is 125 Å². The average Bonchev–Trinajstić information content (AvgIpc) is 2.55. The molecule has 3 rings (SSSR count). The summed E-state index contributed by atoms with van der Waals surface area (Å²) in [5.74, 6) is 0.887. The molecule has 2 aromatic rings. The Morgan fingerprint density at radius 1 is 1.14 bits per heavy atom. The van der Waals surface area contributed by atoms with Crippen LogP contribution in [-0.4, -0.2) is 44.7 Å². The minimum absolute atomic E-state index is 0.525. The van der Waals surface area contributed by atoms with Crippen LogP contribution in [0.1, 0.15) is 0 Å². The highest BCUT2D eigenvalue weighted by Crippen LogP contribution is 2.30. The fourth-order valence-electron chi connectivity index (χ4n) is 2.88. The third kappa shape index (κ3) is 2.79. The number of benzene rings is 2. The first kappa shape index (κ1) is 13.7. The van der Waals surface area contributed by atoms with E-state index in [4.69, 9.17) is 10.00 Å². The zero-order valence-electron chi connectivity index (χ0n) is 12.2. The number of piperazine rings is 1. The summed E-state index contributed by atoms with van der Waals surface area (Å²) in [6, 6.07) is 14.8. The highest BCUT2D eigenvalue weighted by atomic mass is 16.5. The Bertz CT molecular complexity index is 669. The van der Waals surface area contributed by atoms with Gasteiger partial charge in [-0.05, 0) is 23.6 Å². The van der Waals surface area contributed by atoms with Gasteiger partial charge in [0.15, 0.2) is 0 Å². The van der Waals surface area contributed by atoms with Crippen LogP contribution in [0.5, 0.6) is 5.75 Å². The molecular weight excluding hydrogens is 262 g/mol. The van der Waals surface area contributed by atoms with Crippen molar-refractivity contribution in [1.82, 2.24) is 4.90 Å². The molecule has 0 spiro atoms. The molecule has 0 amide bonds. The molecule has 1 heterocycles. The van der Waals surface area contributed by atoms with E-state index in [1.54, 1.807) is 7.11 Å². The van der Waals surface area contributed by atoms with Gasteiger partial charge >= 0.3 is 0 Å². The Hall–Kier alpha value is -2.25. The van der Waals surface area contributed by atoms with Gasteiger partial charge in [0, 0.05) is 37.3 Å². The van der Waals surface area contributed by atoms with Crippen molar-refractivity contribution in [3.05, 3.63) is 36.4 Å². The number of methoxy groups -OCH3 is 1. The van der Waals surface area contributed by atoms with Crippen LogP contribution in [0, 0.1) is 11.3 Å². The van der Waals surface area contributed by atoms with Crippen molar-refractivity contribution in [2.75, 3.05) is 44.7 Å². The molecular formula is C17H19N3O. The van der Waals surface area contributed by atoms with Gasteiger partial charge in [-0.25, -0.2) is 0 Å². The minimum atomic E-state index is 0.525. The number of hydrogen-bond acceptors (Lipinski definition) is 4. The van der Waals surface area contributed by atoms with Crippen molar-refractivity contribution < 1.29 is 4.74 Å². The summed E-state index contributed by atoms with van der Waals surface area (Å²) in [7, 11) is 1.70. The van der Waals surface area contributed by atoms with Crippen LogP contribution in [0.25, 0.3) is 10.8 Å². The molecule has 0 saturated carbocycles. The fraction of sp³-hybridized carbons (Fsp3) is 0.353. The molecule has 1 saturated heterocycles. The second kappa shape index (κ2) is 6.02. The first-order valence-electron chi connectivity index (χ1n) is 7.23. The Kier molecular flexibility index (Phi) is 3.94. The van der Waals surface area contributed by atoms with Crippen LogP contribution < -0.4 is 9.64 Å². The first-order chi connectivity index (χ1) is 10.3. The molecule has 108 valence electrons. The van der Waals surface area contributed by atoms with Crippen LogP contribution in [0.2, 0.25) is 0 Å². The van der Waals surface area contributed by atoms with E-state index in [2.05, 4.69) is 46.2 Å². The fourth-order valence-corrected chi connectivity index (χ4v) is 2.88. The summed E-state index contributed by atoms with van der Waals surface area (Å²) in [6.07, 6.45) is 0.